The maximum Gasteiger partial charge on any atom is 0.251 e. The van der Waals surface area contributed by atoms with Gasteiger partial charge in [0.05, 0.1) is 6.54 Å². The molecule has 2 amide bonds. The summed E-state index contributed by atoms with van der Waals surface area (Å²) in [5.74, 6) is -0.335. The number of fused-ring (bicyclic) bond motifs is 2. The average Bonchev–Trinajstić information content (AvgIpc) is 2.95. The van der Waals surface area contributed by atoms with Gasteiger partial charge in [-0.1, -0.05) is 41.4 Å². The highest BCUT2D eigenvalue weighted by atomic mass is 35.5. The third-order valence-electron chi connectivity index (χ3n) is 6.22. The molecule has 158 valence electrons. The lowest BCUT2D eigenvalue weighted by Gasteiger charge is -2.39. The van der Waals surface area contributed by atoms with Crippen molar-refractivity contribution in [1.29, 1.82) is 0 Å². The Morgan fingerprint density at radius 1 is 1.07 bits per heavy atom. The van der Waals surface area contributed by atoms with Gasteiger partial charge in [-0.2, -0.15) is 0 Å². The van der Waals surface area contributed by atoms with Crippen LogP contribution in [0.25, 0.3) is 0 Å². The van der Waals surface area contributed by atoms with Crippen molar-refractivity contribution in [2.75, 3.05) is 6.54 Å². The summed E-state index contributed by atoms with van der Waals surface area (Å²) in [7, 11) is 0. The first-order valence-corrected chi connectivity index (χ1v) is 11.0. The number of carbonyl (C=O) groups excluding carboxylic acids is 2. The molecule has 2 heterocycles. The highest BCUT2D eigenvalue weighted by molar-refractivity contribution is 6.30. The second-order valence-corrected chi connectivity index (χ2v) is 8.91. The Bertz CT molecular complexity index is 901. The molecule has 2 aliphatic rings. The van der Waals surface area contributed by atoms with Crippen molar-refractivity contribution in [3.63, 3.8) is 0 Å². The highest BCUT2D eigenvalue weighted by Gasteiger charge is 2.40. The van der Waals surface area contributed by atoms with E-state index < -0.39 is 0 Å². The predicted octanol–water partition coefficient (Wildman–Crippen LogP) is 3.69. The van der Waals surface area contributed by atoms with Crippen molar-refractivity contribution in [2.45, 2.75) is 57.3 Å². The van der Waals surface area contributed by atoms with E-state index >= 15 is 0 Å². The lowest BCUT2D eigenvalue weighted by molar-refractivity contribution is -0.121. The number of piperidine rings is 1. The molecule has 2 aromatic carbocycles. The highest BCUT2D eigenvalue weighted by Crippen LogP contribution is 2.36. The fourth-order valence-corrected chi connectivity index (χ4v) is 4.90. The fraction of sp³-hybridized carbons (Fsp3) is 0.417. The summed E-state index contributed by atoms with van der Waals surface area (Å²) in [6.45, 7) is 2.88. The Balaban J connectivity index is 1.26. The average molecular weight is 426 g/mol. The van der Waals surface area contributed by atoms with Gasteiger partial charge < -0.3 is 10.6 Å². The molecule has 2 aromatic rings. The molecule has 2 unspecified atom stereocenters. The predicted molar refractivity (Wildman–Crippen MR) is 118 cm³/mol. The first-order valence-electron chi connectivity index (χ1n) is 10.6. The van der Waals surface area contributed by atoms with Gasteiger partial charge in [-0.15, -0.1) is 0 Å². The molecule has 2 fully saturated rings. The van der Waals surface area contributed by atoms with E-state index in [0.29, 0.717) is 17.6 Å². The Morgan fingerprint density at radius 3 is 2.43 bits per heavy atom. The van der Waals surface area contributed by atoms with Gasteiger partial charge in [0.25, 0.3) is 5.91 Å². The van der Waals surface area contributed by atoms with Crippen LogP contribution in [0.15, 0.2) is 48.5 Å². The zero-order chi connectivity index (χ0) is 21.1. The molecule has 30 heavy (non-hydrogen) atoms. The molecular weight excluding hydrogens is 398 g/mol. The maximum absolute atomic E-state index is 12.4. The molecule has 0 spiro atoms. The summed E-state index contributed by atoms with van der Waals surface area (Å²) in [5.41, 5.74) is 2.88. The van der Waals surface area contributed by atoms with Crippen LogP contribution in [0.4, 0.5) is 0 Å². The lowest BCUT2D eigenvalue weighted by Crippen LogP contribution is -2.51. The Kier molecular flexibility index (Phi) is 6.40. The number of amides is 2. The number of benzene rings is 2. The van der Waals surface area contributed by atoms with Crippen LogP contribution in [0, 0.1) is 6.92 Å². The molecule has 0 saturated carbocycles. The molecular formula is C24H28ClN3O2. The number of hydrogen-bond acceptors (Lipinski definition) is 3. The number of nitrogens with one attached hydrogen (secondary N) is 2. The normalized spacial score (nSPS) is 23.2. The van der Waals surface area contributed by atoms with E-state index in [2.05, 4.69) is 27.7 Å². The van der Waals surface area contributed by atoms with E-state index in [1.807, 2.05) is 37.3 Å². The quantitative estimate of drug-likeness (QED) is 0.742. The summed E-state index contributed by atoms with van der Waals surface area (Å²) >= 11 is 6.00. The minimum absolute atomic E-state index is 0.00704. The van der Waals surface area contributed by atoms with Crippen LogP contribution in [-0.2, 0) is 11.3 Å². The topological polar surface area (TPSA) is 61.4 Å². The van der Waals surface area contributed by atoms with Crippen LogP contribution in [0.1, 0.15) is 47.2 Å². The summed E-state index contributed by atoms with van der Waals surface area (Å²) in [5, 5.41) is 6.62. The number of rotatable bonds is 6. The third-order valence-corrected chi connectivity index (χ3v) is 6.47. The minimum Gasteiger partial charge on any atom is -0.352 e. The molecule has 0 radical (unpaired) electrons. The molecule has 2 bridgehead atoms. The van der Waals surface area contributed by atoms with Crippen LogP contribution in [0.5, 0.6) is 0 Å². The van der Waals surface area contributed by atoms with Crippen LogP contribution in [-0.4, -0.2) is 41.4 Å². The van der Waals surface area contributed by atoms with Crippen molar-refractivity contribution < 1.29 is 9.59 Å². The van der Waals surface area contributed by atoms with Crippen LogP contribution in [0.3, 0.4) is 0 Å². The molecule has 2 N–H and O–H groups in total. The van der Waals surface area contributed by atoms with E-state index in [-0.39, 0.29) is 24.4 Å². The molecule has 5 nitrogen and oxygen atoms in total. The van der Waals surface area contributed by atoms with Gasteiger partial charge in [-0.25, -0.2) is 0 Å². The van der Waals surface area contributed by atoms with Crippen LogP contribution >= 0.6 is 11.6 Å². The van der Waals surface area contributed by atoms with Crippen molar-refractivity contribution in [3.05, 3.63) is 70.2 Å². The molecule has 2 saturated heterocycles. The van der Waals surface area contributed by atoms with Gasteiger partial charge in [0, 0.05) is 35.3 Å². The third kappa shape index (κ3) is 5.02. The monoisotopic (exact) mass is 425 g/mol. The van der Waals surface area contributed by atoms with Crippen molar-refractivity contribution in [3.8, 4) is 0 Å². The van der Waals surface area contributed by atoms with Gasteiger partial charge in [0.2, 0.25) is 5.91 Å². The second-order valence-electron chi connectivity index (χ2n) is 8.47. The first-order chi connectivity index (χ1) is 14.5. The molecule has 2 aliphatic heterocycles. The Labute approximate surface area is 182 Å². The van der Waals surface area contributed by atoms with E-state index in [4.69, 9.17) is 11.6 Å². The Morgan fingerprint density at radius 2 is 1.77 bits per heavy atom. The summed E-state index contributed by atoms with van der Waals surface area (Å²) in [4.78, 5) is 27.2. The molecule has 2 atom stereocenters. The number of nitrogens with zero attached hydrogens (tertiary/aromatic N) is 1. The molecule has 6 heteroatoms. The number of carbonyl (C=O) groups is 2. The zero-order valence-electron chi connectivity index (χ0n) is 17.2. The second kappa shape index (κ2) is 9.19. The minimum atomic E-state index is -0.216. The Hall–Kier alpha value is -2.37. The van der Waals surface area contributed by atoms with Gasteiger partial charge in [0.1, 0.15) is 0 Å². The largest absolute Gasteiger partial charge is 0.352 e. The van der Waals surface area contributed by atoms with Gasteiger partial charge >= 0.3 is 0 Å². The van der Waals surface area contributed by atoms with Gasteiger partial charge in [-0.05, 0) is 62.4 Å². The van der Waals surface area contributed by atoms with Crippen molar-refractivity contribution >= 4 is 23.4 Å². The number of aryl methyl sites for hydroxylation is 1. The van der Waals surface area contributed by atoms with Crippen LogP contribution < -0.4 is 10.6 Å². The number of halogens is 1. The van der Waals surface area contributed by atoms with E-state index in [0.717, 1.165) is 30.0 Å². The molecule has 4 rings (SSSR count). The van der Waals surface area contributed by atoms with Gasteiger partial charge in [0.15, 0.2) is 0 Å². The SMILES string of the molecule is Cc1cccc(C(=O)NCC(=O)NC2CC3CCC(C2)N3Cc2ccc(Cl)cc2)c1. The van der Waals surface area contributed by atoms with Gasteiger partial charge in [-0.3, -0.25) is 14.5 Å². The van der Waals surface area contributed by atoms with Crippen LogP contribution in [0.2, 0.25) is 5.02 Å². The maximum atomic E-state index is 12.4. The standard InChI is InChI=1S/C24H28ClN3O2/c1-16-3-2-4-18(11-16)24(30)26-14-23(29)27-20-12-21-9-10-22(13-20)28(21)15-17-5-7-19(25)8-6-17/h2-8,11,20-22H,9-10,12-15H2,1H3,(H,26,30)(H,27,29). The first kappa shape index (κ1) is 20.9. The lowest BCUT2D eigenvalue weighted by atomic mass is 9.96. The van der Waals surface area contributed by atoms with Crippen molar-refractivity contribution in [1.82, 2.24) is 15.5 Å². The van der Waals surface area contributed by atoms with E-state index in [1.165, 1.54) is 18.4 Å². The summed E-state index contributed by atoms with van der Waals surface area (Å²) in [6.07, 6.45) is 4.27. The van der Waals surface area contributed by atoms with Crippen molar-refractivity contribution in [2.24, 2.45) is 0 Å². The summed E-state index contributed by atoms with van der Waals surface area (Å²) < 4.78 is 0. The van der Waals surface area contributed by atoms with E-state index in [9.17, 15) is 9.59 Å². The zero-order valence-corrected chi connectivity index (χ0v) is 18.0. The molecule has 0 aliphatic carbocycles. The molecule has 0 aromatic heterocycles. The smallest absolute Gasteiger partial charge is 0.251 e. The van der Waals surface area contributed by atoms with E-state index in [1.54, 1.807) is 6.07 Å². The fourth-order valence-electron chi connectivity index (χ4n) is 4.78. The summed E-state index contributed by atoms with van der Waals surface area (Å²) in [6, 6.07) is 16.6. The number of hydrogen-bond donors (Lipinski definition) is 2.